The molecule has 1 heterocycles. The molecule has 2 N–H and O–H groups in total. The third kappa shape index (κ3) is 7.19. The highest BCUT2D eigenvalue weighted by molar-refractivity contribution is 14.0. The average molecular weight is 378 g/mol. The molecule has 0 fully saturated rings. The molecule has 0 aromatic carbocycles. The molecule has 0 atom stereocenters. The van der Waals surface area contributed by atoms with E-state index in [4.69, 9.17) is 4.74 Å². The lowest BCUT2D eigenvalue weighted by atomic mass is 10.2. The van der Waals surface area contributed by atoms with E-state index in [1.165, 1.54) is 0 Å². The van der Waals surface area contributed by atoms with Gasteiger partial charge in [-0.15, -0.1) is 24.0 Å². The summed E-state index contributed by atoms with van der Waals surface area (Å²) in [5, 5.41) is 6.47. The number of nitrogens with one attached hydrogen (secondary N) is 2. The summed E-state index contributed by atoms with van der Waals surface area (Å²) in [4.78, 5) is 8.28. The largest absolute Gasteiger partial charge is 0.478 e. The topological polar surface area (TPSA) is 58.5 Å². The molecule has 1 aromatic rings. The number of ether oxygens (including phenoxy) is 1. The van der Waals surface area contributed by atoms with E-state index in [1.54, 1.807) is 13.2 Å². The van der Waals surface area contributed by atoms with Crippen molar-refractivity contribution in [1.29, 1.82) is 0 Å². The van der Waals surface area contributed by atoms with E-state index in [-0.39, 0.29) is 24.0 Å². The summed E-state index contributed by atoms with van der Waals surface area (Å²) in [6, 6.07) is 4.24. The second kappa shape index (κ2) is 9.82. The predicted molar refractivity (Wildman–Crippen MR) is 89.3 cm³/mol. The maximum atomic E-state index is 5.36. The lowest BCUT2D eigenvalue weighted by Crippen LogP contribution is -2.40. The Hall–Kier alpha value is -1.05. The second-order valence-electron chi connectivity index (χ2n) is 4.16. The number of pyridine rings is 1. The lowest BCUT2D eigenvalue weighted by Gasteiger charge is -2.14. The Morgan fingerprint density at radius 3 is 2.79 bits per heavy atom. The molecule has 0 amide bonds. The van der Waals surface area contributed by atoms with Gasteiger partial charge in [0.25, 0.3) is 0 Å². The van der Waals surface area contributed by atoms with Gasteiger partial charge < -0.3 is 15.4 Å². The van der Waals surface area contributed by atoms with Crippen LogP contribution in [0.15, 0.2) is 23.3 Å². The third-order valence-corrected chi connectivity index (χ3v) is 2.20. The van der Waals surface area contributed by atoms with Crippen molar-refractivity contribution in [2.45, 2.75) is 33.4 Å². The van der Waals surface area contributed by atoms with Crippen LogP contribution in [0.4, 0.5) is 0 Å². The van der Waals surface area contributed by atoms with Gasteiger partial charge in [-0.2, -0.15) is 0 Å². The van der Waals surface area contributed by atoms with Crippen LogP contribution in [0.1, 0.15) is 26.3 Å². The number of aliphatic imine (C=N–C) groups is 1. The molecule has 0 saturated carbocycles. The van der Waals surface area contributed by atoms with Crippen molar-refractivity contribution < 1.29 is 4.74 Å². The first-order chi connectivity index (χ1) is 8.65. The smallest absolute Gasteiger partial charge is 0.213 e. The second-order valence-corrected chi connectivity index (χ2v) is 4.16. The molecule has 0 bridgehead atoms. The van der Waals surface area contributed by atoms with E-state index in [9.17, 15) is 0 Å². The standard InChI is InChI=1S/C13H22N4O.HI/c1-5-18-12-8-11(6-7-15-12)9-16-13(14-4)17-10(2)3;/h6-8,10H,5,9H2,1-4H3,(H2,14,16,17);1H. The minimum Gasteiger partial charge on any atom is -0.478 e. The highest BCUT2D eigenvalue weighted by Gasteiger charge is 2.01. The van der Waals surface area contributed by atoms with E-state index >= 15 is 0 Å². The number of hydrogen-bond donors (Lipinski definition) is 2. The molecule has 0 unspecified atom stereocenters. The van der Waals surface area contributed by atoms with E-state index < -0.39 is 0 Å². The maximum Gasteiger partial charge on any atom is 0.213 e. The summed E-state index contributed by atoms with van der Waals surface area (Å²) in [6.07, 6.45) is 1.75. The number of nitrogens with zero attached hydrogens (tertiary/aromatic N) is 2. The fraction of sp³-hybridized carbons (Fsp3) is 0.538. The van der Waals surface area contributed by atoms with Crippen LogP contribution in [0.3, 0.4) is 0 Å². The number of rotatable bonds is 5. The fourth-order valence-electron chi connectivity index (χ4n) is 1.44. The van der Waals surface area contributed by atoms with Crippen molar-refractivity contribution in [3.63, 3.8) is 0 Å². The fourth-order valence-corrected chi connectivity index (χ4v) is 1.44. The quantitative estimate of drug-likeness (QED) is 0.469. The minimum atomic E-state index is 0. The maximum absolute atomic E-state index is 5.36. The Labute approximate surface area is 132 Å². The molecular weight excluding hydrogens is 355 g/mol. The van der Waals surface area contributed by atoms with E-state index in [1.807, 2.05) is 19.1 Å². The molecule has 19 heavy (non-hydrogen) atoms. The van der Waals surface area contributed by atoms with Crippen molar-refractivity contribution in [3.8, 4) is 5.88 Å². The summed E-state index contributed by atoms with van der Waals surface area (Å²) in [5.74, 6) is 1.45. The molecule has 1 aromatic heterocycles. The summed E-state index contributed by atoms with van der Waals surface area (Å²) in [7, 11) is 1.76. The van der Waals surface area contributed by atoms with Crippen molar-refractivity contribution in [1.82, 2.24) is 15.6 Å². The van der Waals surface area contributed by atoms with Crippen molar-refractivity contribution in [2.24, 2.45) is 4.99 Å². The number of hydrogen-bond acceptors (Lipinski definition) is 3. The average Bonchev–Trinajstić information content (AvgIpc) is 2.35. The molecule has 0 aliphatic rings. The molecule has 0 saturated heterocycles. The predicted octanol–water partition coefficient (Wildman–Crippen LogP) is 2.17. The Morgan fingerprint density at radius 2 is 2.21 bits per heavy atom. The molecule has 108 valence electrons. The molecule has 6 heteroatoms. The molecule has 0 radical (unpaired) electrons. The Morgan fingerprint density at radius 1 is 1.47 bits per heavy atom. The van der Waals surface area contributed by atoms with Gasteiger partial charge in [0.05, 0.1) is 6.61 Å². The summed E-state index contributed by atoms with van der Waals surface area (Å²) in [5.41, 5.74) is 1.11. The Bertz CT molecular complexity index is 396. The van der Waals surface area contributed by atoms with Crippen LogP contribution in [0.2, 0.25) is 0 Å². The molecule has 1 rings (SSSR count). The molecule has 5 nitrogen and oxygen atoms in total. The van der Waals surface area contributed by atoms with E-state index in [0.717, 1.165) is 11.5 Å². The van der Waals surface area contributed by atoms with Gasteiger partial charge in [-0.1, -0.05) is 0 Å². The Balaban J connectivity index is 0.00000324. The SMILES string of the molecule is CCOc1cc(CNC(=NC)NC(C)C)ccn1.I. The van der Waals surface area contributed by atoms with Gasteiger partial charge in [0.15, 0.2) is 5.96 Å². The van der Waals surface area contributed by atoms with Crippen LogP contribution in [-0.4, -0.2) is 30.6 Å². The van der Waals surface area contributed by atoms with Crippen LogP contribution in [0, 0.1) is 0 Å². The zero-order valence-electron chi connectivity index (χ0n) is 11.9. The highest BCUT2D eigenvalue weighted by Crippen LogP contribution is 2.08. The van der Waals surface area contributed by atoms with Crippen LogP contribution < -0.4 is 15.4 Å². The van der Waals surface area contributed by atoms with Crippen LogP contribution >= 0.6 is 24.0 Å². The van der Waals surface area contributed by atoms with Gasteiger partial charge in [-0.05, 0) is 32.4 Å². The number of guanidine groups is 1. The third-order valence-electron chi connectivity index (χ3n) is 2.20. The summed E-state index contributed by atoms with van der Waals surface area (Å²) >= 11 is 0. The van der Waals surface area contributed by atoms with Gasteiger partial charge in [-0.3, -0.25) is 4.99 Å². The van der Waals surface area contributed by atoms with Gasteiger partial charge in [0.1, 0.15) is 0 Å². The first-order valence-corrected chi connectivity index (χ1v) is 6.20. The highest BCUT2D eigenvalue weighted by atomic mass is 127. The van der Waals surface area contributed by atoms with E-state index in [0.29, 0.717) is 25.1 Å². The summed E-state index contributed by atoms with van der Waals surface area (Å²) < 4.78 is 5.36. The van der Waals surface area contributed by atoms with Gasteiger partial charge in [0, 0.05) is 31.9 Å². The first kappa shape index (κ1) is 17.9. The Kier molecular flexibility index (Phi) is 9.28. The van der Waals surface area contributed by atoms with E-state index in [2.05, 4.69) is 34.5 Å². The molecule has 0 spiro atoms. The number of halogens is 1. The number of aromatic nitrogens is 1. The van der Waals surface area contributed by atoms with Crippen LogP contribution in [0.5, 0.6) is 5.88 Å². The van der Waals surface area contributed by atoms with Crippen molar-refractivity contribution in [2.75, 3.05) is 13.7 Å². The molecule has 0 aliphatic heterocycles. The monoisotopic (exact) mass is 378 g/mol. The first-order valence-electron chi connectivity index (χ1n) is 6.20. The minimum absolute atomic E-state index is 0. The van der Waals surface area contributed by atoms with Gasteiger partial charge >= 0.3 is 0 Å². The molecule has 0 aliphatic carbocycles. The lowest BCUT2D eigenvalue weighted by molar-refractivity contribution is 0.326. The normalized spacial score (nSPS) is 10.9. The molecular formula is C13H23IN4O. The van der Waals surface area contributed by atoms with Gasteiger partial charge in [-0.25, -0.2) is 4.98 Å². The van der Waals surface area contributed by atoms with Crippen molar-refractivity contribution >= 4 is 29.9 Å². The zero-order valence-corrected chi connectivity index (χ0v) is 14.3. The van der Waals surface area contributed by atoms with Crippen molar-refractivity contribution in [3.05, 3.63) is 23.9 Å². The summed E-state index contributed by atoms with van der Waals surface area (Å²) in [6.45, 7) is 7.41. The van der Waals surface area contributed by atoms with Crippen LogP contribution in [-0.2, 0) is 6.54 Å². The zero-order chi connectivity index (χ0) is 13.4. The van der Waals surface area contributed by atoms with Crippen LogP contribution in [0.25, 0.3) is 0 Å². The van der Waals surface area contributed by atoms with Gasteiger partial charge in [0.2, 0.25) is 5.88 Å².